The van der Waals surface area contributed by atoms with Crippen molar-refractivity contribution in [1.82, 2.24) is 10.3 Å². The first kappa shape index (κ1) is 20.8. The maximum absolute atomic E-state index is 12.9. The molecule has 1 saturated heterocycles. The number of fused-ring (bicyclic) bond motifs is 1. The molecular weight excluding hydrogens is 442 g/mol. The van der Waals surface area contributed by atoms with Gasteiger partial charge in [-0.15, -0.1) is 22.7 Å². The van der Waals surface area contributed by atoms with Gasteiger partial charge in [-0.2, -0.15) is 0 Å². The molecular formula is C24H21N3O3S2. The smallest absolute Gasteiger partial charge is 0.265 e. The Kier molecular flexibility index (Phi) is 5.98. The minimum Gasteiger partial charge on any atom is -0.376 e. The van der Waals surface area contributed by atoms with Crippen molar-refractivity contribution >= 4 is 50.4 Å². The number of aromatic nitrogens is 1. The Morgan fingerprint density at radius 3 is 2.69 bits per heavy atom. The molecule has 1 aliphatic heterocycles. The summed E-state index contributed by atoms with van der Waals surface area (Å²) in [6, 6.07) is 18.7. The van der Waals surface area contributed by atoms with Crippen LogP contribution in [-0.4, -0.2) is 36.1 Å². The average molecular weight is 464 g/mol. The van der Waals surface area contributed by atoms with Gasteiger partial charge in [0.25, 0.3) is 11.8 Å². The third-order valence-electron chi connectivity index (χ3n) is 5.27. The number of ether oxygens (including phenoxy) is 1. The molecule has 1 atom stereocenters. The second-order valence-corrected chi connectivity index (χ2v) is 9.61. The number of hydrogen-bond donors (Lipinski definition) is 2. The number of thiazole rings is 1. The lowest BCUT2D eigenvalue weighted by Crippen LogP contribution is -2.32. The maximum Gasteiger partial charge on any atom is 0.265 e. The van der Waals surface area contributed by atoms with Gasteiger partial charge in [-0.1, -0.05) is 24.3 Å². The zero-order valence-corrected chi connectivity index (χ0v) is 18.8. The standard InChI is InChI=1S/C24H21N3O3S2/c28-22(25-14-15-6-5-13-30-15)16-7-1-2-8-17(16)26-23(29)20-11-12-21(31-20)24-27-18-9-3-4-10-19(18)32-24/h1-4,7-12,15H,5-6,13-14H2,(H,25,28)(H,26,29). The van der Waals surface area contributed by atoms with Crippen LogP contribution in [0.4, 0.5) is 5.69 Å². The number of nitrogens with one attached hydrogen (secondary N) is 2. The van der Waals surface area contributed by atoms with E-state index in [4.69, 9.17) is 4.74 Å². The van der Waals surface area contributed by atoms with Gasteiger partial charge in [0.15, 0.2) is 0 Å². The van der Waals surface area contributed by atoms with Gasteiger partial charge in [-0.3, -0.25) is 9.59 Å². The van der Waals surface area contributed by atoms with Crippen molar-refractivity contribution in [2.75, 3.05) is 18.5 Å². The van der Waals surface area contributed by atoms with Gasteiger partial charge in [0.05, 0.1) is 37.3 Å². The molecule has 3 heterocycles. The summed E-state index contributed by atoms with van der Waals surface area (Å²) in [5, 5.41) is 6.70. The molecule has 0 spiro atoms. The highest BCUT2D eigenvalue weighted by Crippen LogP contribution is 2.34. The predicted octanol–water partition coefficient (Wildman–Crippen LogP) is 5.19. The summed E-state index contributed by atoms with van der Waals surface area (Å²) in [7, 11) is 0. The van der Waals surface area contributed by atoms with Crippen LogP contribution >= 0.6 is 22.7 Å². The van der Waals surface area contributed by atoms with Crippen LogP contribution < -0.4 is 10.6 Å². The van der Waals surface area contributed by atoms with Crippen LogP contribution in [-0.2, 0) is 4.74 Å². The molecule has 8 heteroatoms. The van der Waals surface area contributed by atoms with Gasteiger partial charge >= 0.3 is 0 Å². The van der Waals surface area contributed by atoms with Crippen LogP contribution in [0.5, 0.6) is 0 Å². The zero-order chi connectivity index (χ0) is 21.9. The Hall–Kier alpha value is -3.07. The van der Waals surface area contributed by atoms with Crippen LogP contribution in [0, 0.1) is 0 Å². The van der Waals surface area contributed by atoms with Crippen molar-refractivity contribution in [3.8, 4) is 9.88 Å². The van der Waals surface area contributed by atoms with Gasteiger partial charge in [-0.05, 0) is 49.2 Å². The Morgan fingerprint density at radius 2 is 1.84 bits per heavy atom. The first-order valence-corrected chi connectivity index (χ1v) is 12.1. The third kappa shape index (κ3) is 4.43. The SMILES string of the molecule is O=C(Nc1ccccc1C(=O)NCC1CCCO1)c1ccc(-c2nc3ccccc3s2)s1. The monoisotopic (exact) mass is 463 g/mol. The van der Waals surface area contributed by atoms with E-state index in [0.29, 0.717) is 22.7 Å². The van der Waals surface area contributed by atoms with E-state index in [1.54, 1.807) is 41.7 Å². The third-order valence-corrected chi connectivity index (χ3v) is 7.56. The molecule has 1 aliphatic rings. The number of carbonyl (C=O) groups excluding carboxylic acids is 2. The van der Waals surface area contributed by atoms with E-state index in [9.17, 15) is 9.59 Å². The minimum atomic E-state index is -0.248. The summed E-state index contributed by atoms with van der Waals surface area (Å²) in [5.41, 5.74) is 1.87. The first-order valence-electron chi connectivity index (χ1n) is 10.4. The number of carbonyl (C=O) groups is 2. The fourth-order valence-electron chi connectivity index (χ4n) is 3.63. The Labute approximate surface area is 193 Å². The largest absolute Gasteiger partial charge is 0.376 e. The molecule has 2 amide bonds. The lowest BCUT2D eigenvalue weighted by atomic mass is 10.1. The summed E-state index contributed by atoms with van der Waals surface area (Å²) < 4.78 is 6.68. The van der Waals surface area contributed by atoms with Crippen LogP contribution in [0.3, 0.4) is 0 Å². The molecule has 6 nitrogen and oxygen atoms in total. The Balaban J connectivity index is 1.29. The number of rotatable bonds is 6. The molecule has 0 aliphatic carbocycles. The van der Waals surface area contributed by atoms with E-state index in [1.807, 2.05) is 30.3 Å². The number of amides is 2. The predicted molar refractivity (Wildman–Crippen MR) is 129 cm³/mol. The van der Waals surface area contributed by atoms with Gasteiger partial charge in [-0.25, -0.2) is 4.98 Å². The van der Waals surface area contributed by atoms with E-state index < -0.39 is 0 Å². The molecule has 4 aromatic rings. The fraction of sp³-hybridized carbons (Fsp3) is 0.208. The summed E-state index contributed by atoms with van der Waals surface area (Å²) in [6.45, 7) is 1.21. The molecule has 32 heavy (non-hydrogen) atoms. The van der Waals surface area contributed by atoms with Gasteiger partial charge in [0.2, 0.25) is 0 Å². The van der Waals surface area contributed by atoms with Gasteiger partial charge in [0, 0.05) is 13.2 Å². The lowest BCUT2D eigenvalue weighted by molar-refractivity contribution is 0.0858. The molecule has 2 N–H and O–H groups in total. The van der Waals surface area contributed by atoms with Crippen molar-refractivity contribution in [2.24, 2.45) is 0 Å². The van der Waals surface area contributed by atoms with Crippen molar-refractivity contribution < 1.29 is 14.3 Å². The molecule has 0 saturated carbocycles. The highest BCUT2D eigenvalue weighted by molar-refractivity contribution is 7.26. The zero-order valence-electron chi connectivity index (χ0n) is 17.2. The van der Waals surface area contributed by atoms with Crippen molar-refractivity contribution in [2.45, 2.75) is 18.9 Å². The topological polar surface area (TPSA) is 80.3 Å². The molecule has 2 aromatic heterocycles. The van der Waals surface area contributed by atoms with Crippen LogP contribution in [0.1, 0.15) is 32.9 Å². The molecule has 5 rings (SSSR count). The van der Waals surface area contributed by atoms with Gasteiger partial charge < -0.3 is 15.4 Å². The Bertz CT molecular complexity index is 1240. The van der Waals surface area contributed by atoms with E-state index in [-0.39, 0.29) is 17.9 Å². The highest BCUT2D eigenvalue weighted by Gasteiger charge is 2.19. The molecule has 1 fully saturated rings. The van der Waals surface area contributed by atoms with E-state index in [0.717, 1.165) is 39.5 Å². The summed E-state index contributed by atoms with van der Waals surface area (Å²) in [4.78, 5) is 31.8. The van der Waals surface area contributed by atoms with Crippen LogP contribution in [0.15, 0.2) is 60.7 Å². The second-order valence-electron chi connectivity index (χ2n) is 7.50. The molecule has 1 unspecified atom stereocenters. The number of hydrogen-bond acceptors (Lipinski definition) is 6. The molecule has 0 radical (unpaired) electrons. The minimum absolute atomic E-state index is 0.0627. The van der Waals surface area contributed by atoms with Crippen molar-refractivity contribution in [3.63, 3.8) is 0 Å². The average Bonchev–Trinajstić information content (AvgIpc) is 3.58. The van der Waals surface area contributed by atoms with Crippen LogP contribution in [0.2, 0.25) is 0 Å². The maximum atomic E-state index is 12.9. The summed E-state index contributed by atoms with van der Waals surface area (Å²) in [6.07, 6.45) is 2.04. The van der Waals surface area contributed by atoms with Crippen LogP contribution in [0.25, 0.3) is 20.1 Å². The van der Waals surface area contributed by atoms with E-state index in [2.05, 4.69) is 15.6 Å². The number of para-hydroxylation sites is 2. The molecule has 0 bridgehead atoms. The molecule has 162 valence electrons. The number of anilines is 1. The first-order chi connectivity index (χ1) is 15.7. The number of nitrogens with zero attached hydrogens (tertiary/aromatic N) is 1. The Morgan fingerprint density at radius 1 is 1.00 bits per heavy atom. The van der Waals surface area contributed by atoms with Crippen molar-refractivity contribution in [3.05, 3.63) is 71.1 Å². The number of benzene rings is 2. The van der Waals surface area contributed by atoms with E-state index >= 15 is 0 Å². The normalized spacial score (nSPS) is 15.7. The van der Waals surface area contributed by atoms with E-state index in [1.165, 1.54) is 11.3 Å². The van der Waals surface area contributed by atoms with Gasteiger partial charge in [0.1, 0.15) is 5.01 Å². The summed E-state index contributed by atoms with van der Waals surface area (Å²) in [5.74, 6) is -0.473. The number of thiophene rings is 1. The highest BCUT2D eigenvalue weighted by atomic mass is 32.1. The quantitative estimate of drug-likeness (QED) is 0.413. The second kappa shape index (κ2) is 9.20. The summed E-state index contributed by atoms with van der Waals surface area (Å²) >= 11 is 2.99. The molecule has 2 aromatic carbocycles. The lowest BCUT2D eigenvalue weighted by Gasteiger charge is -2.13. The van der Waals surface area contributed by atoms with Crippen molar-refractivity contribution in [1.29, 1.82) is 0 Å². The fourth-order valence-corrected chi connectivity index (χ4v) is 5.56.